The molecule has 1 atom stereocenters. The third kappa shape index (κ3) is 8.56. The number of hydrogen-bond donors (Lipinski definition) is 1. The number of amides is 2. The third-order valence-corrected chi connectivity index (χ3v) is 10.1. The molecule has 2 amide bonds. The number of rotatable bonds is 14. The van der Waals surface area contributed by atoms with Crippen LogP contribution in [0.3, 0.4) is 0 Å². The second-order valence-corrected chi connectivity index (χ2v) is 13.4. The van der Waals surface area contributed by atoms with Gasteiger partial charge in [-0.1, -0.05) is 79.6 Å². The monoisotopic (exact) mass is 657 g/mol. The zero-order valence-corrected chi connectivity index (χ0v) is 27.2. The molecule has 1 N–H and O–H groups in total. The predicted octanol–water partition coefficient (Wildman–Crippen LogP) is 6.12. The van der Waals surface area contributed by atoms with Crippen LogP contribution >= 0.6 is 0 Å². The number of carbonyl (C=O) groups is 2. The van der Waals surface area contributed by atoms with E-state index in [-0.39, 0.29) is 41.1 Å². The van der Waals surface area contributed by atoms with Crippen molar-refractivity contribution < 1.29 is 27.1 Å². The zero-order chi connectivity index (χ0) is 33.2. The van der Waals surface area contributed by atoms with E-state index in [1.807, 2.05) is 37.3 Å². The van der Waals surface area contributed by atoms with Crippen molar-refractivity contribution in [3.05, 3.63) is 126 Å². The van der Waals surface area contributed by atoms with Gasteiger partial charge in [-0.15, -0.1) is 0 Å². The molecule has 0 heterocycles. The molecule has 1 saturated carbocycles. The third-order valence-electron chi connectivity index (χ3n) is 8.32. The van der Waals surface area contributed by atoms with Gasteiger partial charge in [0.1, 0.15) is 24.2 Å². The fraction of sp³-hybridized carbons (Fsp3) is 0.297. The van der Waals surface area contributed by atoms with E-state index in [1.165, 1.54) is 23.1 Å². The van der Waals surface area contributed by atoms with Gasteiger partial charge in [0, 0.05) is 24.6 Å². The maximum Gasteiger partial charge on any atom is 0.264 e. The Morgan fingerprint density at radius 1 is 0.872 bits per heavy atom. The normalized spacial score (nSPS) is 13.9. The highest BCUT2D eigenvalue weighted by Crippen LogP contribution is 2.27. The molecular weight excluding hydrogens is 617 g/mol. The fourth-order valence-corrected chi connectivity index (χ4v) is 7.29. The molecule has 1 aliphatic rings. The molecular formula is C37H40FN3O5S. The van der Waals surface area contributed by atoms with Crippen LogP contribution in [0.15, 0.2) is 114 Å². The van der Waals surface area contributed by atoms with Gasteiger partial charge < -0.3 is 15.0 Å². The van der Waals surface area contributed by atoms with Gasteiger partial charge in [0.15, 0.2) is 0 Å². The van der Waals surface area contributed by atoms with E-state index < -0.39 is 34.3 Å². The zero-order valence-electron chi connectivity index (χ0n) is 26.4. The molecule has 0 radical (unpaired) electrons. The molecule has 0 bridgehead atoms. The highest BCUT2D eigenvalue weighted by atomic mass is 32.2. The first-order valence-electron chi connectivity index (χ1n) is 15.9. The van der Waals surface area contributed by atoms with Crippen molar-refractivity contribution >= 4 is 27.5 Å². The van der Waals surface area contributed by atoms with Crippen molar-refractivity contribution in [2.24, 2.45) is 0 Å². The SMILES string of the molecule is CCOc1ccc(N(CC(=O)N(Cc2ccccc2F)[C@@H](Cc2ccccc2)C(=O)NC2CCCC2)S(=O)(=O)c2ccccc2)cc1. The Morgan fingerprint density at radius 2 is 1.49 bits per heavy atom. The smallest absolute Gasteiger partial charge is 0.264 e. The highest BCUT2D eigenvalue weighted by Gasteiger charge is 2.36. The Labute approximate surface area is 276 Å². The van der Waals surface area contributed by atoms with E-state index in [0.717, 1.165) is 35.6 Å². The van der Waals surface area contributed by atoms with E-state index in [2.05, 4.69) is 5.32 Å². The van der Waals surface area contributed by atoms with E-state index >= 15 is 4.39 Å². The first-order valence-corrected chi connectivity index (χ1v) is 17.4. The summed E-state index contributed by atoms with van der Waals surface area (Å²) in [5.41, 5.74) is 1.27. The standard InChI is InChI=1S/C37H40FN3O5S/c1-2-46-32-23-21-31(22-24-32)41(47(44,45)33-18-7-4-8-19-33)27-36(42)40(26-29-15-9-12-20-34(29)38)35(25-28-13-5-3-6-14-28)37(43)39-30-16-10-11-17-30/h3-9,12-15,18-24,30,35H,2,10-11,16-17,25-27H2,1H3,(H,39,43)/t35-/m0/s1. The average Bonchev–Trinajstić information content (AvgIpc) is 3.60. The summed E-state index contributed by atoms with van der Waals surface area (Å²) >= 11 is 0. The molecule has 246 valence electrons. The van der Waals surface area contributed by atoms with Crippen molar-refractivity contribution in [3.63, 3.8) is 0 Å². The van der Waals surface area contributed by atoms with E-state index in [0.29, 0.717) is 12.4 Å². The van der Waals surface area contributed by atoms with Crippen LogP contribution in [0, 0.1) is 5.82 Å². The summed E-state index contributed by atoms with van der Waals surface area (Å²) in [6.45, 7) is 1.42. The van der Waals surface area contributed by atoms with Gasteiger partial charge in [-0.05, 0) is 67.8 Å². The van der Waals surface area contributed by atoms with Gasteiger partial charge in [0.25, 0.3) is 10.0 Å². The molecule has 0 unspecified atom stereocenters. The number of hydrogen-bond acceptors (Lipinski definition) is 5. The molecule has 4 aromatic rings. The van der Waals surface area contributed by atoms with Gasteiger partial charge in [0.05, 0.1) is 17.2 Å². The summed E-state index contributed by atoms with van der Waals surface area (Å²) in [7, 11) is -4.24. The predicted molar refractivity (Wildman–Crippen MR) is 180 cm³/mol. The van der Waals surface area contributed by atoms with E-state index in [1.54, 1.807) is 60.7 Å². The molecule has 0 aromatic heterocycles. The van der Waals surface area contributed by atoms with Crippen LogP contribution in [0.2, 0.25) is 0 Å². The van der Waals surface area contributed by atoms with Crippen LogP contribution in [0.5, 0.6) is 5.75 Å². The van der Waals surface area contributed by atoms with Gasteiger partial charge >= 0.3 is 0 Å². The summed E-state index contributed by atoms with van der Waals surface area (Å²) in [5.74, 6) is -0.985. The number of nitrogens with one attached hydrogen (secondary N) is 1. The second-order valence-electron chi connectivity index (χ2n) is 11.6. The van der Waals surface area contributed by atoms with Crippen LogP contribution < -0.4 is 14.4 Å². The molecule has 1 fully saturated rings. The lowest BCUT2D eigenvalue weighted by Crippen LogP contribution is -2.54. The minimum Gasteiger partial charge on any atom is -0.494 e. The Hall–Kier alpha value is -4.70. The molecule has 1 aliphatic carbocycles. The largest absolute Gasteiger partial charge is 0.494 e. The lowest BCUT2D eigenvalue weighted by atomic mass is 10.0. The summed E-state index contributed by atoms with van der Waals surface area (Å²) < 4.78 is 49.9. The molecule has 8 nitrogen and oxygen atoms in total. The average molecular weight is 658 g/mol. The highest BCUT2D eigenvalue weighted by molar-refractivity contribution is 7.92. The van der Waals surface area contributed by atoms with Crippen LogP contribution in [-0.2, 0) is 32.6 Å². The Kier molecular flexibility index (Phi) is 11.3. The van der Waals surface area contributed by atoms with Crippen molar-refractivity contribution in [1.82, 2.24) is 10.2 Å². The summed E-state index contributed by atoms with van der Waals surface area (Å²) in [4.78, 5) is 29.9. The number of sulfonamides is 1. The minimum atomic E-state index is -4.24. The molecule has 5 rings (SSSR count). The Bertz CT molecular complexity index is 1730. The summed E-state index contributed by atoms with van der Waals surface area (Å²) in [5, 5.41) is 3.12. The minimum absolute atomic E-state index is 0.00199. The van der Waals surface area contributed by atoms with Crippen molar-refractivity contribution in [2.75, 3.05) is 17.5 Å². The fourth-order valence-electron chi connectivity index (χ4n) is 5.86. The quantitative estimate of drug-likeness (QED) is 0.176. The lowest BCUT2D eigenvalue weighted by molar-refractivity contribution is -0.140. The maximum atomic E-state index is 15.1. The maximum absolute atomic E-state index is 15.1. The van der Waals surface area contributed by atoms with Gasteiger partial charge in [-0.2, -0.15) is 0 Å². The number of carbonyl (C=O) groups excluding carboxylic acids is 2. The van der Waals surface area contributed by atoms with Crippen LogP contribution in [0.1, 0.15) is 43.7 Å². The molecule has 0 aliphatic heterocycles. The second kappa shape index (κ2) is 15.7. The Balaban J connectivity index is 1.56. The van der Waals surface area contributed by atoms with E-state index in [9.17, 15) is 18.0 Å². The summed E-state index contributed by atoms with van der Waals surface area (Å²) in [6.07, 6.45) is 3.84. The lowest BCUT2D eigenvalue weighted by Gasteiger charge is -2.34. The van der Waals surface area contributed by atoms with Crippen molar-refractivity contribution in [2.45, 2.75) is 62.6 Å². The topological polar surface area (TPSA) is 96.0 Å². The Morgan fingerprint density at radius 3 is 2.13 bits per heavy atom. The molecule has 4 aromatic carbocycles. The van der Waals surface area contributed by atoms with E-state index in [4.69, 9.17) is 4.74 Å². The molecule has 10 heteroatoms. The molecule has 0 spiro atoms. The first-order chi connectivity index (χ1) is 22.8. The van der Waals surface area contributed by atoms with Gasteiger partial charge in [-0.3, -0.25) is 13.9 Å². The van der Waals surface area contributed by atoms with Gasteiger partial charge in [0.2, 0.25) is 11.8 Å². The van der Waals surface area contributed by atoms with Crippen LogP contribution in [0.4, 0.5) is 10.1 Å². The number of nitrogens with zero attached hydrogens (tertiary/aromatic N) is 2. The van der Waals surface area contributed by atoms with Crippen LogP contribution in [-0.4, -0.2) is 50.4 Å². The number of benzene rings is 4. The van der Waals surface area contributed by atoms with Crippen molar-refractivity contribution in [3.8, 4) is 5.75 Å². The first kappa shape index (κ1) is 33.7. The van der Waals surface area contributed by atoms with Gasteiger partial charge in [-0.25, -0.2) is 12.8 Å². The summed E-state index contributed by atoms with van der Waals surface area (Å²) in [6, 6.07) is 28.6. The number of ether oxygens (including phenoxy) is 1. The molecule has 47 heavy (non-hydrogen) atoms. The molecule has 0 saturated heterocycles. The van der Waals surface area contributed by atoms with Crippen LogP contribution in [0.25, 0.3) is 0 Å². The van der Waals surface area contributed by atoms with Crippen molar-refractivity contribution in [1.29, 1.82) is 0 Å². The number of halogens is 1. The number of anilines is 1.